The first-order chi connectivity index (χ1) is 6.60. The number of anilines is 1. The number of hydrogen-bond donors (Lipinski definition) is 1. The van der Waals surface area contributed by atoms with Crippen molar-refractivity contribution in [1.82, 2.24) is 4.98 Å². The van der Waals surface area contributed by atoms with Gasteiger partial charge in [0.25, 0.3) is 0 Å². The number of halogens is 2. The third-order valence-corrected chi connectivity index (χ3v) is 2.28. The van der Waals surface area contributed by atoms with Crippen LogP contribution in [0, 0.1) is 0 Å². The zero-order valence-electron chi connectivity index (χ0n) is 7.90. The van der Waals surface area contributed by atoms with Crippen LogP contribution < -0.4 is 5.32 Å². The van der Waals surface area contributed by atoms with Gasteiger partial charge in [-0.1, -0.05) is 30.1 Å². The molecule has 0 aromatic carbocycles. The van der Waals surface area contributed by atoms with E-state index in [4.69, 9.17) is 23.2 Å². The topological polar surface area (TPSA) is 42.0 Å². The zero-order chi connectivity index (χ0) is 10.7. The number of pyridine rings is 1. The molecule has 0 amide bonds. The molecule has 0 saturated heterocycles. The molecule has 0 unspecified atom stereocenters. The van der Waals surface area contributed by atoms with Gasteiger partial charge in [0.2, 0.25) is 0 Å². The second kappa shape index (κ2) is 4.62. The predicted molar refractivity (Wildman–Crippen MR) is 58.4 cm³/mol. The van der Waals surface area contributed by atoms with Gasteiger partial charge in [-0.25, -0.2) is 4.98 Å². The Balaban J connectivity index is 3.32. The molecule has 0 aliphatic rings. The standard InChI is InChI=1S/C9H10Cl2N2O/c1-3-6(14)8-5(12-2)4-7(10)13-9(8)11/h4H,3H2,1-2H3,(H,12,13). The van der Waals surface area contributed by atoms with Crippen LogP contribution in [0.15, 0.2) is 6.07 Å². The van der Waals surface area contributed by atoms with Crippen molar-refractivity contribution in [2.24, 2.45) is 0 Å². The van der Waals surface area contributed by atoms with Gasteiger partial charge in [0, 0.05) is 13.5 Å². The van der Waals surface area contributed by atoms with Crippen LogP contribution >= 0.6 is 23.2 Å². The number of aromatic nitrogens is 1. The molecule has 0 saturated carbocycles. The van der Waals surface area contributed by atoms with Crippen LogP contribution in [0.5, 0.6) is 0 Å². The average Bonchev–Trinajstić information content (AvgIpc) is 2.15. The maximum absolute atomic E-state index is 11.5. The van der Waals surface area contributed by atoms with Gasteiger partial charge in [-0.2, -0.15) is 0 Å². The van der Waals surface area contributed by atoms with E-state index in [0.717, 1.165) is 0 Å². The maximum atomic E-state index is 11.5. The Bertz CT molecular complexity index is 366. The van der Waals surface area contributed by atoms with E-state index in [-0.39, 0.29) is 16.1 Å². The molecular formula is C9H10Cl2N2O. The minimum atomic E-state index is -0.0523. The zero-order valence-corrected chi connectivity index (χ0v) is 9.41. The first-order valence-corrected chi connectivity index (χ1v) is 4.92. The highest BCUT2D eigenvalue weighted by molar-refractivity contribution is 6.35. The Morgan fingerprint density at radius 2 is 2.21 bits per heavy atom. The molecule has 0 spiro atoms. The summed E-state index contributed by atoms with van der Waals surface area (Å²) in [6, 6.07) is 1.58. The summed E-state index contributed by atoms with van der Waals surface area (Å²) in [5.41, 5.74) is 1.02. The van der Waals surface area contributed by atoms with E-state index in [1.165, 1.54) is 0 Å². The van der Waals surface area contributed by atoms with Gasteiger partial charge in [-0.3, -0.25) is 4.79 Å². The lowest BCUT2D eigenvalue weighted by Crippen LogP contribution is -2.05. The second-order valence-corrected chi connectivity index (χ2v) is 3.43. The van der Waals surface area contributed by atoms with E-state index in [2.05, 4.69) is 10.3 Å². The molecule has 1 heterocycles. The Kier molecular flexibility index (Phi) is 3.72. The predicted octanol–water partition coefficient (Wildman–Crippen LogP) is 3.02. The van der Waals surface area contributed by atoms with Crippen LogP contribution in [0.2, 0.25) is 10.3 Å². The highest BCUT2D eigenvalue weighted by Crippen LogP contribution is 2.26. The van der Waals surface area contributed by atoms with Gasteiger partial charge >= 0.3 is 0 Å². The lowest BCUT2D eigenvalue weighted by molar-refractivity contribution is 0.0989. The Labute approximate surface area is 92.4 Å². The van der Waals surface area contributed by atoms with Crippen LogP contribution in [0.4, 0.5) is 5.69 Å². The van der Waals surface area contributed by atoms with E-state index in [1.807, 2.05) is 0 Å². The molecule has 0 aliphatic carbocycles. The summed E-state index contributed by atoms with van der Waals surface area (Å²) in [5.74, 6) is -0.0523. The van der Waals surface area contributed by atoms with Crippen molar-refractivity contribution >= 4 is 34.7 Å². The summed E-state index contributed by atoms with van der Waals surface area (Å²) in [4.78, 5) is 15.3. The SMILES string of the molecule is CCC(=O)c1c(NC)cc(Cl)nc1Cl. The average molecular weight is 233 g/mol. The molecule has 0 bridgehead atoms. The van der Waals surface area contributed by atoms with Crippen molar-refractivity contribution in [3.63, 3.8) is 0 Å². The number of nitrogens with zero attached hydrogens (tertiary/aromatic N) is 1. The first kappa shape index (κ1) is 11.3. The molecule has 0 atom stereocenters. The number of rotatable bonds is 3. The number of carbonyl (C=O) groups is 1. The van der Waals surface area contributed by atoms with E-state index in [1.54, 1.807) is 20.0 Å². The largest absolute Gasteiger partial charge is 0.387 e. The maximum Gasteiger partial charge on any atom is 0.167 e. The van der Waals surface area contributed by atoms with Crippen molar-refractivity contribution in [1.29, 1.82) is 0 Å². The van der Waals surface area contributed by atoms with Crippen LogP contribution in [0.25, 0.3) is 0 Å². The van der Waals surface area contributed by atoms with E-state index < -0.39 is 0 Å². The van der Waals surface area contributed by atoms with Crippen molar-refractivity contribution in [3.05, 3.63) is 21.9 Å². The number of nitrogens with one attached hydrogen (secondary N) is 1. The Morgan fingerprint density at radius 1 is 1.57 bits per heavy atom. The number of Topliss-reactive ketones (excluding diaryl/α,β-unsaturated/α-hetero) is 1. The summed E-state index contributed by atoms with van der Waals surface area (Å²) in [6.45, 7) is 1.77. The smallest absolute Gasteiger partial charge is 0.167 e. The molecular weight excluding hydrogens is 223 g/mol. The minimum absolute atomic E-state index is 0.0523. The van der Waals surface area contributed by atoms with Crippen molar-refractivity contribution in [3.8, 4) is 0 Å². The third-order valence-electron chi connectivity index (χ3n) is 1.81. The summed E-state index contributed by atoms with van der Waals surface area (Å²) in [7, 11) is 1.70. The molecule has 14 heavy (non-hydrogen) atoms. The lowest BCUT2D eigenvalue weighted by Gasteiger charge is -2.08. The molecule has 5 heteroatoms. The Morgan fingerprint density at radius 3 is 2.71 bits per heavy atom. The molecule has 1 aromatic heterocycles. The summed E-state index contributed by atoms with van der Waals surface area (Å²) in [5, 5.41) is 3.28. The number of carbonyl (C=O) groups excluding carboxylic acids is 1. The normalized spacial score (nSPS) is 10.0. The molecule has 0 aliphatic heterocycles. The summed E-state index contributed by atoms with van der Waals surface area (Å²) >= 11 is 11.5. The highest BCUT2D eigenvalue weighted by Gasteiger charge is 2.15. The van der Waals surface area contributed by atoms with Gasteiger partial charge in [0.05, 0.1) is 11.3 Å². The van der Waals surface area contributed by atoms with Crippen LogP contribution in [-0.4, -0.2) is 17.8 Å². The number of ketones is 1. The molecule has 0 radical (unpaired) electrons. The molecule has 1 rings (SSSR count). The van der Waals surface area contributed by atoms with Crippen molar-refractivity contribution in [2.75, 3.05) is 12.4 Å². The molecule has 1 aromatic rings. The van der Waals surface area contributed by atoms with E-state index in [9.17, 15) is 4.79 Å². The fourth-order valence-electron chi connectivity index (χ4n) is 1.12. The van der Waals surface area contributed by atoms with Crippen LogP contribution in [-0.2, 0) is 0 Å². The fourth-order valence-corrected chi connectivity index (χ4v) is 1.66. The molecule has 3 nitrogen and oxygen atoms in total. The lowest BCUT2D eigenvalue weighted by atomic mass is 10.1. The van der Waals surface area contributed by atoms with Crippen molar-refractivity contribution < 1.29 is 4.79 Å². The van der Waals surface area contributed by atoms with Crippen LogP contribution in [0.1, 0.15) is 23.7 Å². The third kappa shape index (κ3) is 2.16. The van der Waals surface area contributed by atoms with Crippen molar-refractivity contribution in [2.45, 2.75) is 13.3 Å². The van der Waals surface area contributed by atoms with Gasteiger partial charge in [-0.05, 0) is 6.07 Å². The highest BCUT2D eigenvalue weighted by atomic mass is 35.5. The van der Waals surface area contributed by atoms with Gasteiger partial charge < -0.3 is 5.32 Å². The first-order valence-electron chi connectivity index (χ1n) is 4.17. The Hall–Kier alpha value is -0.800. The van der Waals surface area contributed by atoms with Crippen LogP contribution in [0.3, 0.4) is 0 Å². The minimum Gasteiger partial charge on any atom is -0.387 e. The van der Waals surface area contributed by atoms with E-state index in [0.29, 0.717) is 17.7 Å². The summed E-state index contributed by atoms with van der Waals surface area (Å²) in [6.07, 6.45) is 0.387. The van der Waals surface area contributed by atoms with Gasteiger partial charge in [-0.15, -0.1) is 0 Å². The number of hydrogen-bond acceptors (Lipinski definition) is 3. The fraction of sp³-hybridized carbons (Fsp3) is 0.333. The summed E-state index contributed by atoms with van der Waals surface area (Å²) < 4.78 is 0. The molecule has 1 N–H and O–H groups in total. The quantitative estimate of drug-likeness (QED) is 0.644. The van der Waals surface area contributed by atoms with E-state index >= 15 is 0 Å². The molecule has 0 fully saturated rings. The van der Waals surface area contributed by atoms with Gasteiger partial charge in [0.1, 0.15) is 10.3 Å². The van der Waals surface area contributed by atoms with Gasteiger partial charge in [0.15, 0.2) is 5.78 Å². The molecule has 76 valence electrons. The monoisotopic (exact) mass is 232 g/mol. The second-order valence-electron chi connectivity index (χ2n) is 2.69.